The van der Waals surface area contributed by atoms with Crippen LogP contribution < -0.4 is 5.32 Å². The van der Waals surface area contributed by atoms with Gasteiger partial charge in [-0.25, -0.2) is 0 Å². The minimum atomic E-state index is -0.496. The van der Waals surface area contributed by atoms with E-state index in [-0.39, 0.29) is 11.9 Å². The van der Waals surface area contributed by atoms with Crippen LogP contribution in [0.25, 0.3) is 10.9 Å². The number of hydrogen-bond donors (Lipinski definition) is 2. The lowest BCUT2D eigenvalue weighted by atomic mass is 10.1. The largest absolute Gasteiger partial charge is 0.391 e. The maximum absolute atomic E-state index is 12.4. The molecule has 1 aliphatic rings. The molecule has 1 amide bonds. The van der Waals surface area contributed by atoms with Gasteiger partial charge >= 0.3 is 0 Å². The molecule has 1 fully saturated rings. The number of nitrogens with zero attached hydrogens (tertiary/aromatic N) is 3. The first kappa shape index (κ1) is 18.1. The average Bonchev–Trinajstić information content (AvgIpc) is 3.35. The van der Waals surface area contributed by atoms with Crippen molar-refractivity contribution in [3.8, 4) is 0 Å². The van der Waals surface area contributed by atoms with Gasteiger partial charge in [0, 0.05) is 54.0 Å². The van der Waals surface area contributed by atoms with Crippen LogP contribution in [0, 0.1) is 5.92 Å². The van der Waals surface area contributed by atoms with Crippen LogP contribution in [-0.4, -0.2) is 37.5 Å². The van der Waals surface area contributed by atoms with Gasteiger partial charge in [0.15, 0.2) is 0 Å². The van der Waals surface area contributed by atoms with Crippen molar-refractivity contribution in [1.82, 2.24) is 19.7 Å². The first-order chi connectivity index (χ1) is 13.1. The van der Waals surface area contributed by atoms with E-state index in [4.69, 9.17) is 11.6 Å². The van der Waals surface area contributed by atoms with Crippen LogP contribution in [-0.2, 0) is 17.9 Å². The highest BCUT2D eigenvalue weighted by Crippen LogP contribution is 2.27. The van der Waals surface area contributed by atoms with Crippen LogP contribution >= 0.6 is 11.6 Å². The molecule has 3 atom stereocenters. The number of benzene rings is 1. The SMILES string of the molecule is O=C(CCn1ccc2cc(Cl)ccc21)N[C@@H]1CC(Cn2cccn2)C[C@H]1O. The van der Waals surface area contributed by atoms with Gasteiger partial charge in [0.1, 0.15) is 0 Å². The molecule has 0 spiro atoms. The number of amides is 1. The summed E-state index contributed by atoms with van der Waals surface area (Å²) in [5.41, 5.74) is 1.06. The first-order valence-electron chi connectivity index (χ1n) is 9.28. The summed E-state index contributed by atoms with van der Waals surface area (Å²) < 4.78 is 3.93. The summed E-state index contributed by atoms with van der Waals surface area (Å²) in [7, 11) is 0. The second-order valence-electron chi connectivity index (χ2n) is 7.27. The molecule has 4 rings (SSSR count). The monoisotopic (exact) mass is 386 g/mol. The van der Waals surface area contributed by atoms with Gasteiger partial charge in [-0.05, 0) is 49.1 Å². The molecule has 0 saturated heterocycles. The Labute approximate surface area is 162 Å². The number of aliphatic hydroxyl groups is 1. The van der Waals surface area contributed by atoms with Crippen molar-refractivity contribution in [2.75, 3.05) is 0 Å². The fourth-order valence-corrected chi connectivity index (χ4v) is 4.14. The van der Waals surface area contributed by atoms with Crippen molar-refractivity contribution in [3.05, 3.63) is 53.9 Å². The van der Waals surface area contributed by atoms with E-state index < -0.39 is 6.10 Å². The predicted molar refractivity (Wildman–Crippen MR) is 104 cm³/mol. The number of halogens is 1. The van der Waals surface area contributed by atoms with Gasteiger partial charge in [-0.1, -0.05) is 11.6 Å². The molecule has 0 radical (unpaired) electrons. The number of nitrogens with one attached hydrogen (secondary N) is 1. The van der Waals surface area contributed by atoms with Crippen molar-refractivity contribution in [2.45, 2.75) is 44.5 Å². The molecular weight excluding hydrogens is 364 g/mol. The summed E-state index contributed by atoms with van der Waals surface area (Å²) in [6.07, 6.45) is 6.99. The third kappa shape index (κ3) is 4.17. The molecule has 142 valence electrons. The molecule has 2 heterocycles. The summed E-state index contributed by atoms with van der Waals surface area (Å²) in [6, 6.07) is 9.45. The van der Waals surface area contributed by atoms with Gasteiger partial charge in [-0.15, -0.1) is 0 Å². The van der Waals surface area contributed by atoms with Crippen LogP contribution in [0.5, 0.6) is 0 Å². The zero-order valence-corrected chi connectivity index (χ0v) is 15.7. The van der Waals surface area contributed by atoms with Gasteiger partial charge in [0.2, 0.25) is 5.91 Å². The molecule has 1 aliphatic carbocycles. The number of rotatable bonds is 6. The lowest BCUT2D eigenvalue weighted by Crippen LogP contribution is -2.40. The Morgan fingerprint density at radius 2 is 2.19 bits per heavy atom. The quantitative estimate of drug-likeness (QED) is 0.684. The van der Waals surface area contributed by atoms with Gasteiger partial charge in [0.05, 0.1) is 12.1 Å². The number of carbonyl (C=O) groups excluding carboxylic acids is 1. The van der Waals surface area contributed by atoms with Gasteiger partial charge in [0.25, 0.3) is 0 Å². The zero-order valence-electron chi connectivity index (χ0n) is 15.0. The summed E-state index contributed by atoms with van der Waals surface area (Å²) in [5, 5.41) is 19.3. The first-order valence-corrected chi connectivity index (χ1v) is 9.65. The molecule has 0 aliphatic heterocycles. The molecule has 27 heavy (non-hydrogen) atoms. The van der Waals surface area contributed by atoms with E-state index in [9.17, 15) is 9.90 Å². The lowest BCUT2D eigenvalue weighted by molar-refractivity contribution is -0.122. The van der Waals surface area contributed by atoms with Crippen molar-refractivity contribution >= 4 is 28.4 Å². The summed E-state index contributed by atoms with van der Waals surface area (Å²) in [4.78, 5) is 12.4. The van der Waals surface area contributed by atoms with Gasteiger partial charge < -0.3 is 15.0 Å². The molecule has 0 bridgehead atoms. The third-order valence-corrected chi connectivity index (χ3v) is 5.53. The molecule has 3 aromatic rings. The van der Waals surface area contributed by atoms with Crippen molar-refractivity contribution in [1.29, 1.82) is 0 Å². The Bertz CT molecular complexity index is 921. The molecular formula is C20H23ClN4O2. The van der Waals surface area contributed by atoms with Gasteiger partial charge in [-0.2, -0.15) is 5.10 Å². The molecule has 1 aromatic carbocycles. The molecule has 7 heteroatoms. The highest BCUT2D eigenvalue weighted by Gasteiger charge is 2.34. The number of aromatic nitrogens is 3. The maximum Gasteiger partial charge on any atom is 0.222 e. The van der Waals surface area contributed by atoms with E-state index in [1.165, 1.54) is 0 Å². The summed E-state index contributed by atoms with van der Waals surface area (Å²) in [6.45, 7) is 1.37. The average molecular weight is 387 g/mol. The Morgan fingerprint density at radius 1 is 1.30 bits per heavy atom. The van der Waals surface area contributed by atoms with Crippen LogP contribution in [0.2, 0.25) is 5.02 Å². The second-order valence-corrected chi connectivity index (χ2v) is 7.71. The molecule has 2 N–H and O–H groups in total. The summed E-state index contributed by atoms with van der Waals surface area (Å²) in [5.74, 6) is 0.290. The molecule has 1 saturated carbocycles. The van der Waals surface area contributed by atoms with E-state index in [2.05, 4.69) is 15.0 Å². The van der Waals surface area contributed by atoms with Crippen LogP contribution in [0.1, 0.15) is 19.3 Å². The van der Waals surface area contributed by atoms with E-state index in [0.29, 0.717) is 30.3 Å². The Morgan fingerprint density at radius 3 is 3.00 bits per heavy atom. The topological polar surface area (TPSA) is 72.1 Å². The highest BCUT2D eigenvalue weighted by atomic mass is 35.5. The van der Waals surface area contributed by atoms with E-state index in [1.807, 2.05) is 47.4 Å². The molecule has 6 nitrogen and oxygen atoms in total. The van der Waals surface area contributed by atoms with Crippen molar-refractivity contribution in [3.63, 3.8) is 0 Å². The standard InChI is InChI=1S/C20H23ClN4O2/c21-16-2-3-18-15(12-16)4-8-24(18)9-5-20(27)23-17-10-14(11-19(17)26)13-25-7-1-6-22-25/h1-4,6-8,12,14,17,19,26H,5,9-11,13H2,(H,23,27)/t14?,17-,19-/m1/s1. The number of carbonyl (C=O) groups is 1. The van der Waals surface area contributed by atoms with E-state index in [1.54, 1.807) is 6.20 Å². The maximum atomic E-state index is 12.4. The van der Waals surface area contributed by atoms with Crippen LogP contribution in [0.4, 0.5) is 0 Å². The second kappa shape index (κ2) is 7.74. The molecule has 1 unspecified atom stereocenters. The fourth-order valence-electron chi connectivity index (χ4n) is 3.96. The number of hydrogen-bond acceptors (Lipinski definition) is 3. The minimum Gasteiger partial charge on any atom is -0.391 e. The van der Waals surface area contributed by atoms with E-state index in [0.717, 1.165) is 23.9 Å². The summed E-state index contributed by atoms with van der Waals surface area (Å²) >= 11 is 6.02. The predicted octanol–water partition coefficient (Wildman–Crippen LogP) is 2.84. The Kier molecular flexibility index (Phi) is 5.18. The molecule has 2 aromatic heterocycles. The minimum absolute atomic E-state index is 0.0328. The van der Waals surface area contributed by atoms with Gasteiger partial charge in [-0.3, -0.25) is 9.48 Å². The van der Waals surface area contributed by atoms with E-state index >= 15 is 0 Å². The zero-order chi connectivity index (χ0) is 18.8. The number of aryl methyl sites for hydroxylation is 1. The third-order valence-electron chi connectivity index (χ3n) is 5.29. The van der Waals surface area contributed by atoms with Crippen molar-refractivity contribution < 1.29 is 9.90 Å². The smallest absolute Gasteiger partial charge is 0.222 e. The van der Waals surface area contributed by atoms with Crippen molar-refractivity contribution in [2.24, 2.45) is 5.92 Å². The number of aliphatic hydroxyl groups excluding tert-OH is 1. The van der Waals surface area contributed by atoms with Crippen LogP contribution in [0.3, 0.4) is 0 Å². The lowest BCUT2D eigenvalue weighted by Gasteiger charge is -2.16. The normalized spacial score (nSPS) is 22.4. The number of fused-ring (bicyclic) bond motifs is 1. The Hall–Kier alpha value is -2.31. The fraction of sp³-hybridized carbons (Fsp3) is 0.400. The highest BCUT2D eigenvalue weighted by molar-refractivity contribution is 6.31. The Balaban J connectivity index is 1.30. The van der Waals surface area contributed by atoms with Crippen LogP contribution in [0.15, 0.2) is 48.9 Å².